The highest BCUT2D eigenvalue weighted by atomic mass is 16.4. The molecule has 40 heavy (non-hydrogen) atoms. The van der Waals surface area contributed by atoms with Gasteiger partial charge >= 0.3 is 0 Å². The third-order valence-electron chi connectivity index (χ3n) is 5.11. The number of quaternary nitrogens is 2. The predicted octanol–water partition coefficient (Wildman–Crippen LogP) is 0.0750. The quantitative estimate of drug-likeness (QED) is 0.255. The van der Waals surface area contributed by atoms with Gasteiger partial charge in [0.1, 0.15) is 13.1 Å². The first-order valence-corrected chi connectivity index (χ1v) is 12.2. The van der Waals surface area contributed by atoms with E-state index in [0.29, 0.717) is 11.1 Å². The lowest BCUT2D eigenvalue weighted by atomic mass is 10.1. The largest absolute Gasteiger partial charge is 0.545 e. The normalized spacial score (nSPS) is 9.55. The summed E-state index contributed by atoms with van der Waals surface area (Å²) < 4.78 is 0. The lowest BCUT2D eigenvalue weighted by Gasteiger charge is -2.11. The van der Waals surface area contributed by atoms with E-state index in [4.69, 9.17) is 0 Å². The van der Waals surface area contributed by atoms with E-state index < -0.39 is 11.9 Å². The van der Waals surface area contributed by atoms with Crippen molar-refractivity contribution in [3.05, 3.63) is 131 Å². The Labute approximate surface area is 231 Å². The Hall–Kier alpha value is -5.32. The molecule has 8 N–H and O–H groups in total. The van der Waals surface area contributed by atoms with Crippen molar-refractivity contribution in [1.29, 1.82) is 0 Å². The Kier molecular flexibility index (Phi) is 12.8. The van der Waals surface area contributed by atoms with Gasteiger partial charge < -0.3 is 41.9 Å². The van der Waals surface area contributed by atoms with Crippen LogP contribution in [0.5, 0.6) is 0 Å². The molecule has 4 aromatic carbocycles. The number of hydrogen-bond acceptors (Lipinski definition) is 6. The van der Waals surface area contributed by atoms with Crippen LogP contribution in [0.3, 0.4) is 0 Å². The minimum atomic E-state index is -1.32. The molecule has 10 nitrogen and oxygen atoms in total. The van der Waals surface area contributed by atoms with Gasteiger partial charge in [-0.05, 0) is 36.4 Å². The van der Waals surface area contributed by atoms with Crippen molar-refractivity contribution in [3.8, 4) is 0 Å². The molecule has 4 rings (SSSR count). The Morgan fingerprint density at radius 3 is 1.10 bits per heavy atom. The monoisotopic (exact) mass is 542 g/mol. The molecular weight excluding hydrogens is 512 g/mol. The molecular formula is C30H30N4O6. The molecule has 0 spiro atoms. The first kappa shape index (κ1) is 30.9. The maximum Gasteiger partial charge on any atom is 0.255 e. The SMILES string of the molecule is O=C(Nc1ccccc1C(=O)[O-])c1ccccc1.O=C(Nc1ccccc1C(=O)[O-])c1ccccc1.[NH3+]CC[NH3+]. The number of carboxylic acid groups (broad SMARTS) is 2. The van der Waals surface area contributed by atoms with Crippen molar-refractivity contribution in [2.24, 2.45) is 0 Å². The minimum absolute atomic E-state index is 0.0400. The number of rotatable bonds is 7. The van der Waals surface area contributed by atoms with E-state index in [9.17, 15) is 29.4 Å². The molecule has 0 aliphatic carbocycles. The van der Waals surface area contributed by atoms with Crippen molar-refractivity contribution in [1.82, 2.24) is 0 Å². The van der Waals surface area contributed by atoms with Crippen LogP contribution in [-0.4, -0.2) is 36.8 Å². The molecule has 0 atom stereocenters. The van der Waals surface area contributed by atoms with E-state index in [1.54, 1.807) is 84.9 Å². The molecule has 0 aromatic heterocycles. The van der Waals surface area contributed by atoms with Crippen LogP contribution < -0.4 is 32.3 Å². The van der Waals surface area contributed by atoms with Crippen molar-refractivity contribution in [2.75, 3.05) is 23.7 Å². The van der Waals surface area contributed by atoms with Crippen LogP contribution in [0.4, 0.5) is 11.4 Å². The second-order valence-electron chi connectivity index (χ2n) is 8.01. The summed E-state index contributed by atoms with van der Waals surface area (Å²) in [7, 11) is 0. The van der Waals surface area contributed by atoms with Crippen LogP contribution in [0.1, 0.15) is 41.4 Å². The van der Waals surface area contributed by atoms with Crippen LogP contribution in [0.15, 0.2) is 109 Å². The fourth-order valence-electron chi connectivity index (χ4n) is 3.11. The van der Waals surface area contributed by atoms with Gasteiger partial charge in [-0.1, -0.05) is 72.8 Å². The molecule has 0 saturated carbocycles. The summed E-state index contributed by atoms with van der Waals surface area (Å²) in [6, 6.07) is 29.4. The fourth-order valence-corrected chi connectivity index (χ4v) is 3.11. The molecule has 4 aromatic rings. The molecule has 2 amide bonds. The predicted molar refractivity (Wildman–Crippen MR) is 146 cm³/mol. The summed E-state index contributed by atoms with van der Waals surface area (Å²) in [5.74, 6) is -3.36. The second kappa shape index (κ2) is 16.5. The molecule has 0 saturated heterocycles. The highest BCUT2D eigenvalue weighted by Crippen LogP contribution is 2.16. The summed E-state index contributed by atoms with van der Waals surface area (Å²) in [6.45, 7) is 1.92. The number of hydrogen-bond donors (Lipinski definition) is 4. The molecule has 0 heterocycles. The first-order valence-electron chi connectivity index (χ1n) is 12.2. The second-order valence-corrected chi connectivity index (χ2v) is 8.01. The van der Waals surface area contributed by atoms with Gasteiger partial charge in [-0.3, -0.25) is 9.59 Å². The summed E-state index contributed by atoms with van der Waals surface area (Å²) in [6.07, 6.45) is 0. The van der Waals surface area contributed by atoms with Crippen molar-refractivity contribution in [3.63, 3.8) is 0 Å². The summed E-state index contributed by atoms with van der Waals surface area (Å²) in [5, 5.41) is 26.9. The van der Waals surface area contributed by atoms with Crippen LogP contribution in [0.2, 0.25) is 0 Å². The highest BCUT2D eigenvalue weighted by molar-refractivity contribution is 6.08. The smallest absolute Gasteiger partial charge is 0.255 e. The highest BCUT2D eigenvalue weighted by Gasteiger charge is 2.09. The molecule has 0 radical (unpaired) electrons. The molecule has 0 aliphatic heterocycles. The van der Waals surface area contributed by atoms with Gasteiger partial charge in [0.15, 0.2) is 0 Å². The number of carboxylic acids is 2. The number of benzene rings is 4. The Morgan fingerprint density at radius 2 is 0.800 bits per heavy atom. The van der Waals surface area contributed by atoms with Crippen LogP contribution >= 0.6 is 0 Å². The third kappa shape index (κ3) is 9.86. The molecule has 206 valence electrons. The van der Waals surface area contributed by atoms with Crippen LogP contribution in [-0.2, 0) is 0 Å². The number of nitrogens with one attached hydrogen (secondary N) is 2. The number of amides is 2. The summed E-state index contributed by atoms with van der Waals surface area (Å²) >= 11 is 0. The summed E-state index contributed by atoms with van der Waals surface area (Å²) in [4.78, 5) is 45.5. The number of anilines is 2. The molecule has 0 fully saturated rings. The number of para-hydroxylation sites is 2. The van der Waals surface area contributed by atoms with Gasteiger partial charge in [-0.25, -0.2) is 0 Å². The maximum absolute atomic E-state index is 11.9. The van der Waals surface area contributed by atoms with E-state index in [1.165, 1.54) is 24.3 Å². The van der Waals surface area contributed by atoms with E-state index in [-0.39, 0.29) is 34.3 Å². The van der Waals surface area contributed by atoms with Crippen molar-refractivity contribution in [2.45, 2.75) is 0 Å². The van der Waals surface area contributed by atoms with Crippen LogP contribution in [0, 0.1) is 0 Å². The number of carbonyl (C=O) groups is 4. The van der Waals surface area contributed by atoms with Gasteiger partial charge in [0.25, 0.3) is 11.8 Å². The number of aromatic carboxylic acids is 2. The fraction of sp³-hybridized carbons (Fsp3) is 0.0667. The molecule has 0 bridgehead atoms. The first-order chi connectivity index (χ1) is 19.3. The van der Waals surface area contributed by atoms with Crippen molar-refractivity contribution < 1.29 is 40.9 Å². The molecule has 10 heteroatoms. The summed E-state index contributed by atoms with van der Waals surface area (Å²) in [5.41, 5.74) is 8.39. The average Bonchev–Trinajstić information content (AvgIpc) is 2.99. The lowest BCUT2D eigenvalue weighted by Crippen LogP contribution is -2.64. The Morgan fingerprint density at radius 1 is 0.500 bits per heavy atom. The number of carbonyl (C=O) groups excluding carboxylic acids is 4. The van der Waals surface area contributed by atoms with Crippen molar-refractivity contribution >= 4 is 35.1 Å². The van der Waals surface area contributed by atoms with Gasteiger partial charge in [-0.15, -0.1) is 0 Å². The zero-order chi connectivity index (χ0) is 29.3. The standard InChI is InChI=1S/2C14H11NO3.C2H8N2/c2*16-13(10-6-2-1-3-7-10)15-12-9-5-4-8-11(12)14(17)18;3-1-2-4/h2*1-9H,(H,15,16)(H,17,18);1-4H2. The van der Waals surface area contributed by atoms with Gasteiger partial charge in [0.05, 0.1) is 23.3 Å². The third-order valence-corrected chi connectivity index (χ3v) is 5.11. The van der Waals surface area contributed by atoms with Gasteiger partial charge in [0, 0.05) is 22.3 Å². The van der Waals surface area contributed by atoms with Gasteiger partial charge in [-0.2, -0.15) is 0 Å². The topological polar surface area (TPSA) is 194 Å². The zero-order valence-electron chi connectivity index (χ0n) is 21.7. The zero-order valence-corrected chi connectivity index (χ0v) is 21.7. The lowest BCUT2D eigenvalue weighted by molar-refractivity contribution is -0.453. The Balaban J connectivity index is 0.000000247. The van der Waals surface area contributed by atoms with E-state index >= 15 is 0 Å². The Bertz CT molecular complexity index is 1300. The van der Waals surface area contributed by atoms with E-state index in [2.05, 4.69) is 22.1 Å². The van der Waals surface area contributed by atoms with Crippen LogP contribution in [0.25, 0.3) is 0 Å². The van der Waals surface area contributed by atoms with E-state index in [0.717, 1.165) is 13.1 Å². The average molecular weight is 543 g/mol. The molecule has 0 unspecified atom stereocenters. The molecule has 0 aliphatic rings. The maximum atomic E-state index is 11.9. The van der Waals surface area contributed by atoms with E-state index in [1.807, 2.05) is 0 Å². The van der Waals surface area contributed by atoms with Gasteiger partial charge in [0.2, 0.25) is 0 Å². The minimum Gasteiger partial charge on any atom is -0.545 e.